The maximum Gasteiger partial charge on any atom is 0.407 e. The van der Waals surface area contributed by atoms with Gasteiger partial charge in [-0.05, 0) is 28.2 Å². The van der Waals surface area contributed by atoms with E-state index in [4.69, 9.17) is 9.84 Å². The van der Waals surface area contributed by atoms with E-state index < -0.39 is 54.9 Å². The highest BCUT2D eigenvalue weighted by Gasteiger charge is 2.54. The third kappa shape index (κ3) is 4.34. The molecule has 2 N–H and O–H groups in total. The van der Waals surface area contributed by atoms with E-state index in [2.05, 4.69) is 5.32 Å². The van der Waals surface area contributed by atoms with Crippen molar-refractivity contribution < 1.29 is 33.0 Å². The molecule has 2 aromatic rings. The van der Waals surface area contributed by atoms with Gasteiger partial charge in [-0.3, -0.25) is 9.59 Å². The van der Waals surface area contributed by atoms with Crippen molar-refractivity contribution in [3.8, 4) is 11.1 Å². The lowest BCUT2D eigenvalue weighted by atomic mass is 9.98. The lowest BCUT2D eigenvalue weighted by Crippen LogP contribution is -2.51. The maximum absolute atomic E-state index is 14.0. The molecule has 2 atom stereocenters. The summed E-state index contributed by atoms with van der Waals surface area (Å²) in [5, 5.41) is 11.5. The van der Waals surface area contributed by atoms with E-state index in [1.807, 2.05) is 48.5 Å². The van der Waals surface area contributed by atoms with Gasteiger partial charge in [-0.1, -0.05) is 62.4 Å². The summed E-state index contributed by atoms with van der Waals surface area (Å²) in [6.45, 7) is 1.75. The van der Waals surface area contributed by atoms with Gasteiger partial charge in [-0.25, -0.2) is 13.6 Å². The zero-order chi connectivity index (χ0) is 24.6. The molecule has 34 heavy (non-hydrogen) atoms. The maximum atomic E-state index is 14.0. The van der Waals surface area contributed by atoms with Gasteiger partial charge in [0.05, 0.1) is 6.54 Å². The van der Waals surface area contributed by atoms with Crippen LogP contribution in [0.1, 0.15) is 30.9 Å². The molecule has 0 radical (unpaired) electrons. The molecular formula is C25H26F2N2O5. The molecule has 2 aromatic carbocycles. The van der Waals surface area contributed by atoms with Crippen LogP contribution >= 0.6 is 0 Å². The number of likely N-dealkylation sites (tertiary alicyclic amines) is 1. The number of benzene rings is 2. The fraction of sp³-hybridized carbons (Fsp3) is 0.400. The lowest BCUT2D eigenvalue weighted by Gasteiger charge is -2.26. The van der Waals surface area contributed by atoms with Crippen LogP contribution in [0.4, 0.5) is 13.6 Å². The Kier molecular flexibility index (Phi) is 6.29. The van der Waals surface area contributed by atoms with Crippen LogP contribution in [0.15, 0.2) is 48.5 Å². The third-order valence-electron chi connectivity index (χ3n) is 6.47. The van der Waals surface area contributed by atoms with Gasteiger partial charge < -0.3 is 20.1 Å². The Morgan fingerprint density at radius 1 is 1.09 bits per heavy atom. The average Bonchev–Trinajstić information content (AvgIpc) is 3.29. The van der Waals surface area contributed by atoms with Crippen molar-refractivity contribution in [3.63, 3.8) is 0 Å². The largest absolute Gasteiger partial charge is 0.481 e. The number of fused-ring (bicyclic) bond motifs is 3. The Balaban J connectivity index is 1.43. The van der Waals surface area contributed by atoms with Crippen molar-refractivity contribution >= 4 is 18.0 Å². The predicted molar refractivity (Wildman–Crippen MR) is 119 cm³/mol. The van der Waals surface area contributed by atoms with Crippen molar-refractivity contribution in [1.29, 1.82) is 0 Å². The third-order valence-corrected chi connectivity index (χ3v) is 6.47. The number of amides is 2. The minimum atomic E-state index is -3.53. The fourth-order valence-electron chi connectivity index (χ4n) is 4.69. The smallest absolute Gasteiger partial charge is 0.407 e. The molecule has 1 unspecified atom stereocenters. The number of halogens is 2. The Labute approximate surface area is 195 Å². The van der Waals surface area contributed by atoms with Crippen LogP contribution in [-0.4, -0.2) is 59.6 Å². The summed E-state index contributed by atoms with van der Waals surface area (Å²) in [5.41, 5.74) is 4.22. The number of nitrogens with one attached hydrogen (secondary N) is 1. The number of hydrogen-bond donors (Lipinski definition) is 2. The molecule has 7 nitrogen and oxygen atoms in total. The molecule has 1 fully saturated rings. The molecule has 180 valence electrons. The first-order valence-corrected chi connectivity index (χ1v) is 11.1. The first-order chi connectivity index (χ1) is 16.1. The molecule has 1 heterocycles. The summed E-state index contributed by atoms with van der Waals surface area (Å²) in [4.78, 5) is 37.5. The minimum absolute atomic E-state index is 0.0434. The second-order valence-corrected chi connectivity index (χ2v) is 9.06. The van der Waals surface area contributed by atoms with Crippen LogP contribution in [0.2, 0.25) is 0 Å². The van der Waals surface area contributed by atoms with Crippen molar-refractivity contribution in [2.45, 2.75) is 31.7 Å². The summed E-state index contributed by atoms with van der Waals surface area (Å²) in [5.74, 6) is -8.52. The Bertz CT molecular complexity index is 1070. The topological polar surface area (TPSA) is 95.9 Å². The molecular weight excluding hydrogens is 446 g/mol. The molecule has 0 bridgehead atoms. The Hall–Kier alpha value is -3.49. The average molecular weight is 472 g/mol. The molecule has 2 amide bonds. The van der Waals surface area contributed by atoms with Gasteiger partial charge in [0, 0.05) is 12.5 Å². The number of carbonyl (C=O) groups excluding carboxylic acids is 2. The normalized spacial score (nSPS) is 19.4. The first kappa shape index (κ1) is 23.7. The summed E-state index contributed by atoms with van der Waals surface area (Å²) in [6, 6.07) is 14.6. The molecule has 0 spiro atoms. The van der Waals surface area contributed by atoms with Gasteiger partial charge in [0.2, 0.25) is 5.91 Å². The van der Waals surface area contributed by atoms with E-state index in [0.29, 0.717) is 0 Å². The highest BCUT2D eigenvalue weighted by atomic mass is 19.3. The molecule has 1 aliphatic carbocycles. The van der Waals surface area contributed by atoms with E-state index >= 15 is 0 Å². The zero-order valence-corrected chi connectivity index (χ0v) is 18.8. The second kappa shape index (κ2) is 9.04. The summed E-state index contributed by atoms with van der Waals surface area (Å²) in [6.07, 6.45) is -0.838. The summed E-state index contributed by atoms with van der Waals surface area (Å²) < 4.78 is 33.6. The number of ether oxygens (including phenoxy) is 1. The predicted octanol–water partition coefficient (Wildman–Crippen LogP) is 3.73. The van der Waals surface area contributed by atoms with E-state index in [9.17, 15) is 23.2 Å². The number of nitrogens with zero attached hydrogens (tertiary/aromatic N) is 1. The molecule has 9 heteroatoms. The number of alkyl halides is 2. The summed E-state index contributed by atoms with van der Waals surface area (Å²) >= 11 is 0. The molecule has 0 saturated carbocycles. The van der Waals surface area contributed by atoms with Gasteiger partial charge in [0.15, 0.2) is 0 Å². The van der Waals surface area contributed by atoms with Crippen LogP contribution < -0.4 is 5.32 Å². The van der Waals surface area contributed by atoms with Crippen LogP contribution in [0.3, 0.4) is 0 Å². The van der Waals surface area contributed by atoms with Gasteiger partial charge >= 0.3 is 12.1 Å². The van der Waals surface area contributed by atoms with Crippen LogP contribution in [0, 0.1) is 11.8 Å². The number of carbonyl (C=O) groups is 3. The zero-order valence-electron chi connectivity index (χ0n) is 18.8. The molecule has 2 aliphatic rings. The van der Waals surface area contributed by atoms with Crippen molar-refractivity contribution in [2.24, 2.45) is 11.8 Å². The minimum Gasteiger partial charge on any atom is -0.481 e. The molecule has 0 aromatic heterocycles. The van der Waals surface area contributed by atoms with E-state index in [-0.39, 0.29) is 12.5 Å². The van der Waals surface area contributed by atoms with Crippen molar-refractivity contribution in [2.75, 3.05) is 19.7 Å². The molecule has 1 saturated heterocycles. The van der Waals surface area contributed by atoms with Gasteiger partial charge in [-0.15, -0.1) is 0 Å². The fourth-order valence-corrected chi connectivity index (χ4v) is 4.69. The highest BCUT2D eigenvalue weighted by molar-refractivity contribution is 5.87. The Morgan fingerprint density at radius 3 is 2.15 bits per heavy atom. The van der Waals surface area contributed by atoms with Crippen molar-refractivity contribution in [3.05, 3.63) is 59.7 Å². The quantitative estimate of drug-likeness (QED) is 0.668. The molecule has 1 aliphatic heterocycles. The number of alkyl carbamates (subject to hydrolysis) is 1. The van der Waals surface area contributed by atoms with Gasteiger partial charge in [0.25, 0.3) is 5.92 Å². The number of aliphatic carboxylic acids is 1. The van der Waals surface area contributed by atoms with Crippen molar-refractivity contribution in [1.82, 2.24) is 10.2 Å². The lowest BCUT2D eigenvalue weighted by molar-refractivity contribution is -0.151. The van der Waals surface area contributed by atoms with Crippen LogP contribution in [0.25, 0.3) is 11.1 Å². The van der Waals surface area contributed by atoms with Gasteiger partial charge in [0.1, 0.15) is 18.6 Å². The number of hydrogen-bond acceptors (Lipinski definition) is 4. The first-order valence-electron chi connectivity index (χ1n) is 11.1. The van der Waals surface area contributed by atoms with Gasteiger partial charge in [-0.2, -0.15) is 0 Å². The van der Waals surface area contributed by atoms with E-state index in [1.165, 1.54) is 0 Å². The summed E-state index contributed by atoms with van der Waals surface area (Å²) in [7, 11) is 0. The van der Waals surface area contributed by atoms with Crippen LogP contribution in [0.5, 0.6) is 0 Å². The highest BCUT2D eigenvalue weighted by Crippen LogP contribution is 2.44. The van der Waals surface area contributed by atoms with E-state index in [1.54, 1.807) is 13.8 Å². The number of carboxylic acids is 1. The SMILES string of the molecule is CC(C)[C@H](NC(=O)OCC1c2ccccc2-c2ccccc21)C(=O)N1CC(C(=O)O)C(F)(F)C1. The van der Waals surface area contributed by atoms with Crippen LogP contribution in [-0.2, 0) is 14.3 Å². The standard InChI is InChI=1S/C25H26F2N2O5/c1-14(2)21(22(30)29-11-20(23(31)32)25(26,27)13-29)28-24(33)34-12-19-17-9-5-3-7-15(17)16-8-4-6-10-18(16)19/h3-10,14,19-21H,11-13H2,1-2H3,(H,28,33)(H,31,32)/t20?,21-/m0/s1. The number of rotatable bonds is 6. The Morgan fingerprint density at radius 2 is 1.65 bits per heavy atom. The second-order valence-electron chi connectivity index (χ2n) is 9.06. The molecule has 4 rings (SSSR count). The monoisotopic (exact) mass is 472 g/mol. The van der Waals surface area contributed by atoms with E-state index in [0.717, 1.165) is 27.2 Å². The number of carboxylic acid groups (broad SMARTS) is 1.